The number of hydrogen-bond donors (Lipinski definition) is 2. The molecule has 1 aromatic rings. The van der Waals surface area contributed by atoms with Crippen LogP contribution in [0.15, 0.2) is 18.2 Å². The zero-order valence-electron chi connectivity index (χ0n) is 17.6. The third-order valence-corrected chi connectivity index (χ3v) is 4.95. The largest absolute Gasteiger partial charge is 0.393 e. The van der Waals surface area contributed by atoms with Crippen molar-refractivity contribution in [2.45, 2.75) is 39.3 Å². The van der Waals surface area contributed by atoms with Crippen molar-refractivity contribution in [2.24, 2.45) is 5.92 Å². The summed E-state index contributed by atoms with van der Waals surface area (Å²) in [5.41, 5.74) is 1.30. The number of piperidine rings is 1. The average Bonchev–Trinajstić information content (AvgIpc) is 2.63. The van der Waals surface area contributed by atoms with Crippen LogP contribution >= 0.6 is 0 Å². The number of amides is 2. The lowest BCUT2D eigenvalue weighted by atomic mass is 10.1. The summed E-state index contributed by atoms with van der Waals surface area (Å²) in [4.78, 5) is 18.4. The topological polar surface area (TPSA) is 59.0 Å². The summed E-state index contributed by atoms with van der Waals surface area (Å²) >= 11 is 0. The quantitative estimate of drug-likeness (QED) is 0.711. The molecule has 0 aliphatic carbocycles. The highest BCUT2D eigenvalue weighted by molar-refractivity contribution is 5.74. The number of likely N-dealkylation sites (N-methyl/N-ethyl adjacent to an activating group) is 1. The van der Waals surface area contributed by atoms with Crippen molar-refractivity contribution in [3.63, 3.8) is 0 Å². The Hall–Kier alpha value is -1.86. The lowest BCUT2D eigenvalue weighted by Gasteiger charge is -2.31. The number of hydrogen-bond acceptors (Lipinski definition) is 4. The fraction of sp³-hybridized carbons (Fsp3) is 0.667. The number of nitrogens with one attached hydrogen (secondary N) is 1. The highest BCUT2D eigenvalue weighted by Crippen LogP contribution is 2.24. The Balaban J connectivity index is 1.93. The number of aliphatic hydroxyl groups excluding tert-OH is 1. The van der Waals surface area contributed by atoms with Crippen LogP contribution < -0.4 is 10.2 Å². The van der Waals surface area contributed by atoms with Crippen LogP contribution in [0.3, 0.4) is 0 Å². The van der Waals surface area contributed by atoms with Crippen LogP contribution in [-0.2, 0) is 6.54 Å². The van der Waals surface area contributed by atoms with Crippen LogP contribution in [0.5, 0.6) is 0 Å². The fourth-order valence-corrected chi connectivity index (χ4v) is 3.35. The van der Waals surface area contributed by atoms with Gasteiger partial charge in [0.05, 0.1) is 11.8 Å². The smallest absolute Gasteiger partial charge is 0.317 e. The average molecular weight is 395 g/mol. The highest BCUT2D eigenvalue weighted by atomic mass is 19.1. The van der Waals surface area contributed by atoms with E-state index in [-0.39, 0.29) is 18.0 Å². The summed E-state index contributed by atoms with van der Waals surface area (Å²) in [7, 11) is 3.97. The van der Waals surface area contributed by atoms with Gasteiger partial charge in [0.2, 0.25) is 0 Å². The van der Waals surface area contributed by atoms with Crippen molar-refractivity contribution in [2.75, 3.05) is 51.7 Å². The molecule has 2 rings (SSSR count). The van der Waals surface area contributed by atoms with Crippen LogP contribution in [0.1, 0.15) is 32.3 Å². The molecule has 1 fully saturated rings. The first kappa shape index (κ1) is 22.4. The van der Waals surface area contributed by atoms with E-state index in [1.165, 1.54) is 6.07 Å². The van der Waals surface area contributed by atoms with Crippen LogP contribution in [-0.4, -0.2) is 73.9 Å². The Morgan fingerprint density at radius 2 is 1.96 bits per heavy atom. The normalized spacial score (nSPS) is 15.4. The maximum atomic E-state index is 14.6. The molecule has 0 radical (unpaired) electrons. The van der Waals surface area contributed by atoms with Crippen LogP contribution in [0.4, 0.5) is 14.9 Å². The van der Waals surface area contributed by atoms with Crippen LogP contribution in [0.2, 0.25) is 0 Å². The fourth-order valence-electron chi connectivity index (χ4n) is 3.35. The molecule has 1 heterocycles. The van der Waals surface area contributed by atoms with E-state index in [2.05, 4.69) is 19.2 Å². The van der Waals surface area contributed by atoms with Crippen molar-refractivity contribution >= 4 is 11.7 Å². The Bertz CT molecular complexity index is 631. The van der Waals surface area contributed by atoms with E-state index in [0.717, 1.165) is 12.1 Å². The number of carbonyl (C=O) groups is 1. The van der Waals surface area contributed by atoms with Gasteiger partial charge in [0.25, 0.3) is 0 Å². The number of rotatable bonds is 8. The number of benzene rings is 1. The second kappa shape index (κ2) is 10.6. The van der Waals surface area contributed by atoms with E-state index in [1.807, 2.05) is 34.9 Å². The molecule has 0 aromatic heterocycles. The van der Waals surface area contributed by atoms with Crippen molar-refractivity contribution in [3.05, 3.63) is 29.6 Å². The minimum Gasteiger partial charge on any atom is -0.393 e. The number of halogens is 1. The van der Waals surface area contributed by atoms with Gasteiger partial charge in [0.1, 0.15) is 5.82 Å². The summed E-state index contributed by atoms with van der Waals surface area (Å²) in [6.45, 7) is 7.93. The molecule has 6 nitrogen and oxygen atoms in total. The van der Waals surface area contributed by atoms with Crippen molar-refractivity contribution in [3.8, 4) is 0 Å². The molecule has 1 aliphatic heterocycles. The van der Waals surface area contributed by atoms with Gasteiger partial charge in [-0.05, 0) is 50.6 Å². The molecular formula is C21H35FN4O2. The van der Waals surface area contributed by atoms with Crippen molar-refractivity contribution in [1.29, 1.82) is 0 Å². The summed E-state index contributed by atoms with van der Waals surface area (Å²) in [6.07, 6.45) is 1.04. The molecule has 0 spiro atoms. The molecule has 0 unspecified atom stereocenters. The number of aliphatic hydroxyl groups is 1. The molecule has 1 aromatic carbocycles. The molecule has 2 amide bonds. The first-order valence-corrected chi connectivity index (χ1v) is 10.1. The Morgan fingerprint density at radius 1 is 1.29 bits per heavy atom. The van der Waals surface area contributed by atoms with E-state index in [0.29, 0.717) is 57.2 Å². The van der Waals surface area contributed by atoms with E-state index >= 15 is 0 Å². The lowest BCUT2D eigenvalue weighted by Crippen LogP contribution is -2.44. The summed E-state index contributed by atoms with van der Waals surface area (Å²) in [5.74, 6) is 0.0995. The summed E-state index contributed by atoms with van der Waals surface area (Å²) in [6, 6.07) is 5.00. The first-order valence-electron chi connectivity index (χ1n) is 10.1. The Kier molecular flexibility index (Phi) is 8.51. The number of carbonyl (C=O) groups excluding carboxylic acids is 1. The second-order valence-electron chi connectivity index (χ2n) is 8.31. The summed E-state index contributed by atoms with van der Waals surface area (Å²) < 4.78 is 14.6. The van der Waals surface area contributed by atoms with Gasteiger partial charge < -0.3 is 25.1 Å². The van der Waals surface area contributed by atoms with Gasteiger partial charge in [-0.25, -0.2) is 9.18 Å². The van der Waals surface area contributed by atoms with Crippen LogP contribution in [0.25, 0.3) is 0 Å². The number of nitrogens with zero attached hydrogens (tertiary/aromatic N) is 3. The van der Waals surface area contributed by atoms with Crippen LogP contribution in [0, 0.1) is 11.7 Å². The third kappa shape index (κ3) is 6.95. The maximum Gasteiger partial charge on any atom is 0.317 e. The van der Waals surface area contributed by atoms with E-state index < -0.39 is 0 Å². The lowest BCUT2D eigenvalue weighted by molar-refractivity contribution is 0.145. The molecule has 1 saturated heterocycles. The molecule has 2 N–H and O–H groups in total. The number of anilines is 1. The van der Waals surface area contributed by atoms with E-state index in [9.17, 15) is 14.3 Å². The maximum absolute atomic E-state index is 14.6. The predicted molar refractivity (Wildman–Crippen MR) is 111 cm³/mol. The third-order valence-electron chi connectivity index (χ3n) is 4.95. The molecule has 0 atom stereocenters. The van der Waals surface area contributed by atoms with Gasteiger partial charge >= 0.3 is 6.03 Å². The van der Waals surface area contributed by atoms with Gasteiger partial charge in [0, 0.05) is 39.3 Å². The van der Waals surface area contributed by atoms with Gasteiger partial charge in [-0.1, -0.05) is 19.9 Å². The predicted octanol–water partition coefficient (Wildman–Crippen LogP) is 2.52. The second-order valence-corrected chi connectivity index (χ2v) is 8.31. The molecule has 7 heteroatoms. The molecule has 1 aliphatic rings. The first-order chi connectivity index (χ1) is 13.3. The minimum absolute atomic E-state index is 0.120. The summed E-state index contributed by atoms with van der Waals surface area (Å²) in [5, 5.41) is 12.5. The van der Waals surface area contributed by atoms with Gasteiger partial charge in [0.15, 0.2) is 0 Å². The SMILES string of the molecule is CC(C)CN(CCN(C)C)C(=O)NCc1ccc(N2CCC(O)CC2)c(F)c1. The standard InChI is InChI=1S/C21H35FN4O2/c1-16(2)15-26(12-11-24(3)4)21(28)23-14-17-5-6-20(19(22)13-17)25-9-7-18(27)8-10-25/h5-6,13,16,18,27H,7-12,14-15H2,1-4H3,(H,23,28). The molecule has 0 bridgehead atoms. The van der Waals surface area contributed by atoms with E-state index in [1.54, 1.807) is 6.07 Å². The number of urea groups is 1. The Labute approximate surface area is 168 Å². The van der Waals surface area contributed by atoms with Crippen molar-refractivity contribution < 1.29 is 14.3 Å². The van der Waals surface area contributed by atoms with Crippen molar-refractivity contribution in [1.82, 2.24) is 15.1 Å². The molecule has 158 valence electrons. The minimum atomic E-state index is -0.283. The molecule has 0 saturated carbocycles. The molecule has 28 heavy (non-hydrogen) atoms. The highest BCUT2D eigenvalue weighted by Gasteiger charge is 2.20. The monoisotopic (exact) mass is 394 g/mol. The van der Waals surface area contributed by atoms with E-state index in [4.69, 9.17) is 0 Å². The van der Waals surface area contributed by atoms with Gasteiger partial charge in [-0.2, -0.15) is 0 Å². The zero-order valence-corrected chi connectivity index (χ0v) is 17.6. The van der Waals surface area contributed by atoms with Gasteiger partial charge in [-0.15, -0.1) is 0 Å². The zero-order chi connectivity index (χ0) is 20.7. The Morgan fingerprint density at radius 3 is 2.54 bits per heavy atom. The molecular weight excluding hydrogens is 359 g/mol. The van der Waals surface area contributed by atoms with Gasteiger partial charge in [-0.3, -0.25) is 0 Å².